The Balaban J connectivity index is 2.25. The fraction of sp³-hybridized carbons (Fsp3) is 0.250. The molecule has 1 atom stereocenters. The zero-order valence-corrected chi connectivity index (χ0v) is 12.3. The van der Waals surface area contributed by atoms with Crippen molar-refractivity contribution in [2.45, 2.75) is 24.6 Å². The summed E-state index contributed by atoms with van der Waals surface area (Å²) < 4.78 is 26.6. The number of hydrogen-bond donors (Lipinski definition) is 0. The zero-order valence-electron chi connectivity index (χ0n) is 10.7. The van der Waals surface area contributed by atoms with Crippen LogP contribution in [0.25, 0.3) is 0 Å². The van der Waals surface area contributed by atoms with Gasteiger partial charge in [0.05, 0.1) is 4.83 Å². The second kappa shape index (κ2) is 6.29. The Bertz CT molecular complexity index is 549. The zero-order chi connectivity index (χ0) is 13.8. The molecule has 0 spiro atoms. The third kappa shape index (κ3) is 3.41. The molecule has 0 N–H and O–H groups in total. The maximum Gasteiger partial charge on any atom is 0.130 e. The molecule has 0 saturated heterocycles. The molecule has 0 aliphatic carbocycles. The summed E-state index contributed by atoms with van der Waals surface area (Å²) in [5.41, 5.74) is 2.68. The van der Waals surface area contributed by atoms with E-state index in [1.807, 2.05) is 12.1 Å². The minimum absolute atomic E-state index is 0.260. The van der Waals surface area contributed by atoms with Gasteiger partial charge >= 0.3 is 0 Å². The van der Waals surface area contributed by atoms with Crippen molar-refractivity contribution in [2.75, 3.05) is 0 Å². The van der Waals surface area contributed by atoms with Crippen molar-refractivity contribution < 1.29 is 8.78 Å². The molecule has 2 aromatic rings. The fourth-order valence-corrected chi connectivity index (χ4v) is 2.71. The molecule has 0 heterocycles. The van der Waals surface area contributed by atoms with E-state index in [4.69, 9.17) is 0 Å². The van der Waals surface area contributed by atoms with Gasteiger partial charge in [0.1, 0.15) is 11.6 Å². The predicted octanol–water partition coefficient (Wildman–Crippen LogP) is 5.40. The van der Waals surface area contributed by atoms with Crippen LogP contribution >= 0.6 is 15.9 Å². The third-order valence-corrected chi connectivity index (χ3v) is 4.07. The number of alkyl halides is 1. The Kier molecular flexibility index (Phi) is 4.70. The van der Waals surface area contributed by atoms with Crippen molar-refractivity contribution >= 4 is 15.9 Å². The highest BCUT2D eigenvalue weighted by Crippen LogP contribution is 2.32. The van der Waals surface area contributed by atoms with Gasteiger partial charge in [0.2, 0.25) is 0 Å². The van der Waals surface area contributed by atoms with E-state index in [0.29, 0.717) is 5.56 Å². The van der Waals surface area contributed by atoms with Crippen molar-refractivity contribution in [3.8, 4) is 0 Å². The normalized spacial score (nSPS) is 12.4. The van der Waals surface area contributed by atoms with Gasteiger partial charge in [-0.05, 0) is 23.6 Å². The summed E-state index contributed by atoms with van der Waals surface area (Å²) in [5.74, 6) is -1.08. The molecule has 0 radical (unpaired) electrons. The highest BCUT2D eigenvalue weighted by Gasteiger charge is 2.15. The first-order chi connectivity index (χ1) is 9.11. The van der Waals surface area contributed by atoms with Crippen LogP contribution in [0.3, 0.4) is 0 Å². The summed E-state index contributed by atoms with van der Waals surface area (Å²) in [4.78, 5) is -0.260. The molecule has 0 aliphatic heterocycles. The van der Waals surface area contributed by atoms with Gasteiger partial charge < -0.3 is 0 Å². The van der Waals surface area contributed by atoms with E-state index in [1.165, 1.54) is 17.7 Å². The molecule has 0 saturated carbocycles. The fourth-order valence-electron chi connectivity index (χ4n) is 2.03. The van der Waals surface area contributed by atoms with Crippen LogP contribution in [0, 0.1) is 11.6 Å². The van der Waals surface area contributed by atoms with Crippen molar-refractivity contribution in [1.29, 1.82) is 0 Å². The highest BCUT2D eigenvalue weighted by molar-refractivity contribution is 9.09. The summed E-state index contributed by atoms with van der Waals surface area (Å²) in [6.45, 7) is 2.13. The van der Waals surface area contributed by atoms with E-state index in [2.05, 4.69) is 35.0 Å². The van der Waals surface area contributed by atoms with Crippen LogP contribution in [0.2, 0.25) is 0 Å². The van der Waals surface area contributed by atoms with Crippen molar-refractivity contribution in [1.82, 2.24) is 0 Å². The Morgan fingerprint density at radius 2 is 1.74 bits per heavy atom. The molecule has 0 amide bonds. The number of benzene rings is 2. The SMILES string of the molecule is CCCc1ccc(C(Br)c2ccc(F)cc2F)cc1. The highest BCUT2D eigenvalue weighted by atomic mass is 79.9. The van der Waals surface area contributed by atoms with Crippen molar-refractivity contribution in [3.05, 3.63) is 70.8 Å². The van der Waals surface area contributed by atoms with Crippen LogP contribution < -0.4 is 0 Å². The molecule has 3 heteroatoms. The first-order valence-electron chi connectivity index (χ1n) is 6.29. The lowest BCUT2D eigenvalue weighted by atomic mass is 10.0. The first kappa shape index (κ1) is 14.2. The molecular weight excluding hydrogens is 310 g/mol. The third-order valence-electron chi connectivity index (χ3n) is 3.05. The van der Waals surface area contributed by atoms with Gasteiger partial charge in [0.25, 0.3) is 0 Å². The Morgan fingerprint density at radius 3 is 2.32 bits per heavy atom. The molecule has 0 aromatic heterocycles. The van der Waals surface area contributed by atoms with Crippen LogP contribution in [-0.2, 0) is 6.42 Å². The number of halogens is 3. The molecule has 0 nitrogen and oxygen atoms in total. The largest absolute Gasteiger partial charge is 0.207 e. The van der Waals surface area contributed by atoms with Gasteiger partial charge in [-0.15, -0.1) is 0 Å². The topological polar surface area (TPSA) is 0 Å². The van der Waals surface area contributed by atoms with Crippen LogP contribution in [0.4, 0.5) is 8.78 Å². The van der Waals surface area contributed by atoms with Gasteiger partial charge in [-0.25, -0.2) is 8.78 Å². The lowest BCUT2D eigenvalue weighted by Gasteiger charge is -2.12. The van der Waals surface area contributed by atoms with E-state index in [9.17, 15) is 8.78 Å². The quantitative estimate of drug-likeness (QED) is 0.660. The van der Waals surface area contributed by atoms with Crippen LogP contribution in [-0.4, -0.2) is 0 Å². The van der Waals surface area contributed by atoms with Gasteiger partial charge in [-0.3, -0.25) is 0 Å². The minimum Gasteiger partial charge on any atom is -0.207 e. The van der Waals surface area contributed by atoms with Crippen LogP contribution in [0.15, 0.2) is 42.5 Å². The summed E-state index contributed by atoms with van der Waals surface area (Å²) in [6.07, 6.45) is 2.14. The van der Waals surface area contributed by atoms with Crippen molar-refractivity contribution in [2.24, 2.45) is 0 Å². The van der Waals surface area contributed by atoms with E-state index in [1.54, 1.807) is 0 Å². The Hall–Kier alpha value is -1.22. The van der Waals surface area contributed by atoms with Gasteiger partial charge in [0.15, 0.2) is 0 Å². The maximum atomic E-state index is 13.7. The van der Waals surface area contributed by atoms with E-state index >= 15 is 0 Å². The van der Waals surface area contributed by atoms with E-state index in [-0.39, 0.29) is 4.83 Å². The summed E-state index contributed by atoms with van der Waals surface area (Å²) in [6, 6.07) is 11.7. The molecule has 100 valence electrons. The first-order valence-corrected chi connectivity index (χ1v) is 7.21. The molecule has 0 fully saturated rings. The monoisotopic (exact) mass is 324 g/mol. The second-order valence-corrected chi connectivity index (χ2v) is 5.44. The maximum absolute atomic E-state index is 13.7. The Morgan fingerprint density at radius 1 is 1.05 bits per heavy atom. The molecule has 0 bridgehead atoms. The smallest absolute Gasteiger partial charge is 0.130 e. The summed E-state index contributed by atoms with van der Waals surface area (Å²) in [7, 11) is 0. The average Bonchev–Trinajstić information content (AvgIpc) is 2.39. The predicted molar refractivity (Wildman–Crippen MR) is 77.6 cm³/mol. The van der Waals surface area contributed by atoms with E-state index in [0.717, 1.165) is 24.5 Å². The lowest BCUT2D eigenvalue weighted by molar-refractivity contribution is 0.574. The van der Waals surface area contributed by atoms with E-state index < -0.39 is 11.6 Å². The number of rotatable bonds is 4. The second-order valence-electron chi connectivity index (χ2n) is 4.52. The average molecular weight is 325 g/mol. The lowest BCUT2D eigenvalue weighted by Crippen LogP contribution is -1.97. The molecule has 2 aromatic carbocycles. The molecule has 0 aliphatic rings. The van der Waals surface area contributed by atoms with Crippen molar-refractivity contribution in [3.63, 3.8) is 0 Å². The van der Waals surface area contributed by atoms with Gasteiger partial charge in [-0.1, -0.05) is 59.6 Å². The number of hydrogen-bond acceptors (Lipinski definition) is 0. The summed E-state index contributed by atoms with van der Waals surface area (Å²) in [5, 5.41) is 0. The standard InChI is InChI=1S/C16H15BrF2/c1-2-3-11-4-6-12(7-5-11)16(17)14-9-8-13(18)10-15(14)19/h4-10,16H,2-3H2,1H3. The summed E-state index contributed by atoms with van der Waals surface area (Å²) >= 11 is 3.47. The molecule has 19 heavy (non-hydrogen) atoms. The minimum atomic E-state index is -0.556. The Labute approximate surface area is 120 Å². The molecular formula is C16H15BrF2. The molecule has 1 unspecified atom stereocenters. The van der Waals surface area contributed by atoms with Crippen LogP contribution in [0.1, 0.15) is 34.9 Å². The van der Waals surface area contributed by atoms with Gasteiger partial charge in [0, 0.05) is 11.6 Å². The van der Waals surface area contributed by atoms with Gasteiger partial charge in [-0.2, -0.15) is 0 Å². The molecule has 2 rings (SSSR count). The van der Waals surface area contributed by atoms with Crippen LogP contribution in [0.5, 0.6) is 0 Å². The number of aryl methyl sites for hydroxylation is 1.